The summed E-state index contributed by atoms with van der Waals surface area (Å²) in [6, 6.07) is 10.8. The van der Waals surface area contributed by atoms with Gasteiger partial charge in [0.15, 0.2) is 0 Å². The van der Waals surface area contributed by atoms with Crippen LogP contribution in [-0.2, 0) is 20.0 Å². The van der Waals surface area contributed by atoms with Gasteiger partial charge in [0.05, 0.1) is 15.5 Å². The Kier molecular flexibility index (Phi) is 5.31. The van der Waals surface area contributed by atoms with Crippen LogP contribution in [0.1, 0.15) is 23.6 Å². The molecule has 2 rings (SSSR count). The number of hydrogen-bond donors (Lipinski definition) is 2. The fourth-order valence-electron chi connectivity index (χ4n) is 2.12. The Morgan fingerprint density at radius 3 is 2.16 bits per heavy atom. The normalized spacial score (nSPS) is 12.9. The third-order valence-corrected chi connectivity index (χ3v) is 5.85. The summed E-state index contributed by atoms with van der Waals surface area (Å²) in [7, 11) is -7.58. The maximum Gasteiger partial charge on any atom is 0.276 e. The van der Waals surface area contributed by atoms with Gasteiger partial charge in [0.1, 0.15) is 0 Å². The predicted molar refractivity (Wildman–Crippen MR) is 96.3 cm³/mol. The molecule has 0 atom stereocenters. The van der Waals surface area contributed by atoms with Crippen LogP contribution in [-0.4, -0.2) is 22.5 Å². The minimum Gasteiger partial charge on any atom is -0.225 e. The van der Waals surface area contributed by atoms with E-state index in [1.165, 1.54) is 24.3 Å². The fraction of sp³-hybridized carbons (Fsp3) is 0.188. The molecule has 9 heteroatoms. The van der Waals surface area contributed by atoms with Gasteiger partial charge in [-0.25, -0.2) is 13.6 Å². The second kappa shape index (κ2) is 6.95. The highest BCUT2D eigenvalue weighted by atomic mass is 32.2. The Balaban J connectivity index is 2.27. The van der Waals surface area contributed by atoms with Gasteiger partial charge in [-0.3, -0.25) is 0 Å². The van der Waals surface area contributed by atoms with E-state index in [9.17, 15) is 16.8 Å². The SMILES string of the molecule is C/C(=N\NS(=O)(=O)c1cc(C)ccc1C)c1ccc(S(N)(=O)=O)cc1. The lowest BCUT2D eigenvalue weighted by molar-refractivity contribution is 0.583. The van der Waals surface area contributed by atoms with Gasteiger partial charge in [-0.15, -0.1) is 0 Å². The third-order valence-electron chi connectivity index (χ3n) is 3.57. The number of hydrazone groups is 1. The first-order valence-electron chi connectivity index (χ1n) is 7.27. The number of nitrogens with two attached hydrogens (primary N) is 1. The minimum atomic E-state index is -3.80. The molecular formula is C16H19N3O4S2. The number of benzene rings is 2. The topological polar surface area (TPSA) is 119 Å². The molecule has 0 aliphatic carbocycles. The van der Waals surface area contributed by atoms with Crippen molar-refractivity contribution >= 4 is 25.8 Å². The van der Waals surface area contributed by atoms with Gasteiger partial charge in [0.2, 0.25) is 10.0 Å². The van der Waals surface area contributed by atoms with Gasteiger partial charge in [-0.2, -0.15) is 18.4 Å². The smallest absolute Gasteiger partial charge is 0.225 e. The lowest BCUT2D eigenvalue weighted by atomic mass is 10.1. The summed E-state index contributed by atoms with van der Waals surface area (Å²) in [5.41, 5.74) is 2.39. The molecule has 0 radical (unpaired) electrons. The number of rotatable bonds is 5. The quantitative estimate of drug-likeness (QED) is 0.604. The molecule has 0 aliphatic rings. The highest BCUT2D eigenvalue weighted by molar-refractivity contribution is 7.89. The summed E-state index contributed by atoms with van der Waals surface area (Å²) in [6.45, 7) is 5.12. The second-order valence-corrected chi connectivity index (χ2v) is 8.82. The van der Waals surface area contributed by atoms with Gasteiger partial charge in [-0.1, -0.05) is 24.3 Å². The lowest BCUT2D eigenvalue weighted by Gasteiger charge is -2.09. The molecule has 7 nitrogen and oxygen atoms in total. The van der Waals surface area contributed by atoms with Crippen molar-refractivity contribution in [3.63, 3.8) is 0 Å². The molecule has 0 bridgehead atoms. The summed E-state index contributed by atoms with van der Waals surface area (Å²) < 4.78 is 47.3. The van der Waals surface area contributed by atoms with Crippen LogP contribution < -0.4 is 9.97 Å². The molecule has 2 aromatic rings. The molecule has 0 heterocycles. The summed E-state index contributed by atoms with van der Waals surface area (Å²) in [4.78, 5) is 2.34. The van der Waals surface area contributed by atoms with Gasteiger partial charge >= 0.3 is 0 Å². The number of aryl methyl sites for hydroxylation is 2. The minimum absolute atomic E-state index is 0.0278. The van der Waals surface area contributed by atoms with Gasteiger partial charge in [-0.05, 0) is 55.7 Å². The van der Waals surface area contributed by atoms with Crippen molar-refractivity contribution in [3.05, 3.63) is 59.2 Å². The van der Waals surface area contributed by atoms with E-state index in [1.54, 1.807) is 32.9 Å². The Labute approximate surface area is 147 Å². The van der Waals surface area contributed by atoms with E-state index < -0.39 is 20.0 Å². The van der Waals surface area contributed by atoms with Crippen molar-refractivity contribution in [2.75, 3.05) is 0 Å². The summed E-state index contributed by atoms with van der Waals surface area (Å²) in [5, 5.41) is 8.94. The van der Waals surface area contributed by atoms with Crippen LogP contribution in [0.3, 0.4) is 0 Å². The molecule has 134 valence electrons. The zero-order chi connectivity index (χ0) is 18.8. The largest absolute Gasteiger partial charge is 0.276 e. The van der Waals surface area contributed by atoms with E-state index in [0.29, 0.717) is 16.8 Å². The van der Waals surface area contributed by atoms with Crippen LogP contribution in [0.25, 0.3) is 0 Å². The van der Waals surface area contributed by atoms with Gasteiger partial charge in [0.25, 0.3) is 10.0 Å². The second-order valence-electron chi connectivity index (χ2n) is 5.63. The van der Waals surface area contributed by atoms with E-state index in [4.69, 9.17) is 5.14 Å². The molecule has 0 saturated heterocycles. The maximum absolute atomic E-state index is 12.4. The molecule has 0 aliphatic heterocycles. The summed E-state index contributed by atoms with van der Waals surface area (Å²) in [6.07, 6.45) is 0. The Bertz CT molecular complexity index is 1030. The molecule has 0 amide bonds. The van der Waals surface area contributed by atoms with Crippen LogP contribution in [0.4, 0.5) is 0 Å². The van der Waals surface area contributed by atoms with Crippen LogP contribution in [0, 0.1) is 13.8 Å². The van der Waals surface area contributed by atoms with E-state index in [-0.39, 0.29) is 9.79 Å². The van der Waals surface area contributed by atoms with Crippen molar-refractivity contribution < 1.29 is 16.8 Å². The molecule has 0 fully saturated rings. The third kappa shape index (κ3) is 4.65. The van der Waals surface area contributed by atoms with E-state index in [2.05, 4.69) is 9.93 Å². The molecule has 3 N–H and O–H groups in total. The van der Waals surface area contributed by atoms with Crippen LogP contribution in [0.15, 0.2) is 57.4 Å². The average molecular weight is 381 g/mol. The molecular weight excluding hydrogens is 362 g/mol. The lowest BCUT2D eigenvalue weighted by Crippen LogP contribution is -2.21. The summed E-state index contributed by atoms with van der Waals surface area (Å²) >= 11 is 0. The van der Waals surface area contributed by atoms with E-state index in [1.807, 2.05) is 6.07 Å². The number of nitrogens with one attached hydrogen (secondary N) is 1. The maximum atomic E-state index is 12.4. The number of primary sulfonamides is 1. The van der Waals surface area contributed by atoms with E-state index >= 15 is 0 Å². The van der Waals surface area contributed by atoms with Crippen molar-refractivity contribution in [2.45, 2.75) is 30.6 Å². The van der Waals surface area contributed by atoms with Crippen molar-refractivity contribution in [1.29, 1.82) is 0 Å². The monoisotopic (exact) mass is 381 g/mol. The molecule has 25 heavy (non-hydrogen) atoms. The Morgan fingerprint density at radius 2 is 1.60 bits per heavy atom. The standard InChI is InChI=1S/C16H19N3O4S2/c1-11-4-5-12(2)16(10-11)25(22,23)19-18-13(3)14-6-8-15(9-7-14)24(17,20)21/h4-10,19H,1-3H3,(H2,17,20,21)/b18-13+. The van der Waals surface area contributed by atoms with Crippen molar-refractivity contribution in [1.82, 2.24) is 4.83 Å². The van der Waals surface area contributed by atoms with Crippen molar-refractivity contribution in [3.8, 4) is 0 Å². The van der Waals surface area contributed by atoms with Crippen LogP contribution in [0.5, 0.6) is 0 Å². The molecule has 2 aromatic carbocycles. The molecule has 0 spiro atoms. The number of hydrogen-bond acceptors (Lipinski definition) is 5. The molecule has 0 aromatic heterocycles. The van der Waals surface area contributed by atoms with Crippen LogP contribution in [0.2, 0.25) is 0 Å². The average Bonchev–Trinajstić information content (AvgIpc) is 2.54. The number of nitrogens with zero attached hydrogens (tertiary/aromatic N) is 1. The Hall–Kier alpha value is -2.23. The molecule has 0 saturated carbocycles. The van der Waals surface area contributed by atoms with Gasteiger partial charge in [0, 0.05) is 0 Å². The number of sulfonamides is 2. The summed E-state index contributed by atoms with van der Waals surface area (Å²) in [5.74, 6) is 0. The first-order valence-corrected chi connectivity index (χ1v) is 10.3. The molecule has 0 unspecified atom stereocenters. The zero-order valence-electron chi connectivity index (χ0n) is 14.0. The van der Waals surface area contributed by atoms with E-state index in [0.717, 1.165) is 5.56 Å². The van der Waals surface area contributed by atoms with Gasteiger partial charge < -0.3 is 0 Å². The highest BCUT2D eigenvalue weighted by Gasteiger charge is 2.16. The highest BCUT2D eigenvalue weighted by Crippen LogP contribution is 2.17. The zero-order valence-corrected chi connectivity index (χ0v) is 15.6. The predicted octanol–water partition coefficient (Wildman–Crippen LogP) is 1.65. The van der Waals surface area contributed by atoms with Crippen LogP contribution >= 0.6 is 0 Å². The first kappa shape index (κ1) is 19.1. The first-order chi connectivity index (χ1) is 11.5. The fourth-order valence-corrected chi connectivity index (χ4v) is 3.83. The van der Waals surface area contributed by atoms with Crippen molar-refractivity contribution in [2.24, 2.45) is 10.2 Å². The Morgan fingerprint density at radius 1 is 1.00 bits per heavy atom.